The van der Waals surface area contributed by atoms with Crippen LogP contribution in [0.5, 0.6) is 11.5 Å². The van der Waals surface area contributed by atoms with Gasteiger partial charge in [0.25, 0.3) is 5.91 Å². The van der Waals surface area contributed by atoms with Gasteiger partial charge in [-0.3, -0.25) is 19.2 Å². The van der Waals surface area contributed by atoms with E-state index in [2.05, 4.69) is 49.7 Å². The van der Waals surface area contributed by atoms with Crippen LogP contribution in [0.3, 0.4) is 0 Å². The Kier molecular flexibility index (Phi) is 15.4. The summed E-state index contributed by atoms with van der Waals surface area (Å²) >= 11 is 12.2. The number of carbonyl (C=O) groups excluding carboxylic acids is 4. The molecule has 1 saturated carbocycles. The van der Waals surface area contributed by atoms with Gasteiger partial charge in [-0.2, -0.15) is 5.26 Å². The van der Waals surface area contributed by atoms with Crippen molar-refractivity contribution in [2.45, 2.75) is 105 Å². The van der Waals surface area contributed by atoms with Gasteiger partial charge < -0.3 is 40.2 Å². The molecule has 1 saturated heterocycles. The molecule has 1 aliphatic carbocycles. The Hall–Kier alpha value is -4.87. The summed E-state index contributed by atoms with van der Waals surface area (Å²) in [4.78, 5) is 54.6. The van der Waals surface area contributed by atoms with E-state index >= 15 is 0 Å². The maximum absolute atomic E-state index is 13.8. The minimum atomic E-state index is -0.961. The molecule has 3 aromatic carbocycles. The topological polar surface area (TPSA) is 179 Å². The molecule has 0 unspecified atom stereocenters. The van der Waals surface area contributed by atoms with E-state index in [0.717, 1.165) is 5.56 Å². The van der Waals surface area contributed by atoms with Gasteiger partial charge in [0.15, 0.2) is 0 Å². The fourth-order valence-corrected chi connectivity index (χ4v) is 8.74. The molecule has 61 heavy (non-hydrogen) atoms. The number of halogens is 2. The van der Waals surface area contributed by atoms with E-state index < -0.39 is 46.2 Å². The molecule has 3 atom stereocenters. The molecule has 15 heteroatoms. The van der Waals surface area contributed by atoms with Crippen LogP contribution in [0.15, 0.2) is 66.7 Å². The largest absolute Gasteiger partial charge is 0.494 e. The van der Waals surface area contributed by atoms with E-state index in [1.807, 2.05) is 20.8 Å². The van der Waals surface area contributed by atoms with Crippen LogP contribution in [0.25, 0.3) is 0 Å². The summed E-state index contributed by atoms with van der Waals surface area (Å²) in [6, 6.07) is 19.0. The first kappa shape index (κ1) is 47.2. The second kappa shape index (κ2) is 19.9. The molecule has 4 N–H and O–H groups in total. The summed E-state index contributed by atoms with van der Waals surface area (Å²) in [6.07, 6.45) is 0.263. The van der Waals surface area contributed by atoms with Crippen LogP contribution in [0.4, 0.5) is 0 Å². The Morgan fingerprint density at radius 1 is 0.934 bits per heavy atom. The Morgan fingerprint density at radius 2 is 1.57 bits per heavy atom. The van der Waals surface area contributed by atoms with Gasteiger partial charge in [0.2, 0.25) is 17.7 Å². The minimum Gasteiger partial charge on any atom is -0.494 e. The third-order valence-corrected chi connectivity index (χ3v) is 12.0. The average Bonchev–Trinajstić information content (AvgIpc) is 3.61. The summed E-state index contributed by atoms with van der Waals surface area (Å²) < 4.78 is 17.8. The van der Waals surface area contributed by atoms with E-state index in [1.54, 1.807) is 66.7 Å². The zero-order valence-electron chi connectivity index (χ0n) is 35.8. The van der Waals surface area contributed by atoms with Crippen molar-refractivity contribution in [3.8, 4) is 17.6 Å². The number of nitrogens with zero attached hydrogens (tertiary/aromatic N) is 2. The first-order valence-corrected chi connectivity index (χ1v) is 21.3. The third-order valence-electron chi connectivity index (χ3n) is 11.4. The van der Waals surface area contributed by atoms with Crippen molar-refractivity contribution in [3.63, 3.8) is 0 Å². The maximum atomic E-state index is 13.8. The van der Waals surface area contributed by atoms with Crippen molar-refractivity contribution in [1.82, 2.24) is 20.9 Å². The highest BCUT2D eigenvalue weighted by atomic mass is 35.5. The van der Waals surface area contributed by atoms with Crippen LogP contribution < -0.4 is 25.4 Å². The summed E-state index contributed by atoms with van der Waals surface area (Å²) in [5.41, 5.74) is 0.226. The van der Waals surface area contributed by atoms with Crippen LogP contribution in [0, 0.1) is 27.6 Å². The van der Waals surface area contributed by atoms with Gasteiger partial charge in [-0.15, -0.1) is 0 Å². The number of nitrogens with one attached hydrogen (secondary N) is 3. The highest BCUT2D eigenvalue weighted by Crippen LogP contribution is 2.55. The summed E-state index contributed by atoms with van der Waals surface area (Å²) in [6.45, 7) is 14.3. The summed E-state index contributed by atoms with van der Waals surface area (Å²) in [5, 5.41) is 29.4. The molecule has 3 aromatic rings. The van der Waals surface area contributed by atoms with Crippen LogP contribution in [-0.2, 0) is 25.7 Å². The van der Waals surface area contributed by atoms with Crippen molar-refractivity contribution < 1.29 is 38.5 Å². The third kappa shape index (κ3) is 11.7. The molecular weight excluding hydrogens is 821 g/mol. The van der Waals surface area contributed by atoms with E-state index in [9.17, 15) is 29.5 Å². The van der Waals surface area contributed by atoms with Crippen molar-refractivity contribution in [2.24, 2.45) is 16.2 Å². The minimum absolute atomic E-state index is 0.0210. The molecule has 0 bridgehead atoms. The molecule has 2 fully saturated rings. The van der Waals surface area contributed by atoms with Crippen LogP contribution >= 0.6 is 23.2 Å². The molecule has 2 aliphatic rings. The number of amides is 4. The highest BCUT2D eigenvalue weighted by Gasteiger charge is 2.64. The second-order valence-corrected chi connectivity index (χ2v) is 18.9. The fraction of sp³-hybridized carbons (Fsp3) is 0.500. The number of carbonyl (C=O) groups is 4. The number of hydrogen-bond donors (Lipinski definition) is 4. The Morgan fingerprint density at radius 3 is 2.20 bits per heavy atom. The fourth-order valence-electron chi connectivity index (χ4n) is 8.41. The van der Waals surface area contributed by atoms with Crippen LogP contribution in [-0.4, -0.2) is 90.3 Å². The van der Waals surface area contributed by atoms with E-state index in [-0.39, 0.29) is 50.1 Å². The Labute approximate surface area is 368 Å². The van der Waals surface area contributed by atoms with Crippen molar-refractivity contribution in [1.29, 1.82) is 5.26 Å². The molecule has 1 heterocycles. The summed E-state index contributed by atoms with van der Waals surface area (Å²) in [7, 11) is 0. The smallest absolute Gasteiger partial charge is 0.251 e. The Bertz CT molecular complexity index is 2060. The van der Waals surface area contributed by atoms with Gasteiger partial charge in [-0.05, 0) is 72.4 Å². The lowest BCUT2D eigenvalue weighted by molar-refractivity contribution is -0.164. The molecule has 328 valence electrons. The Balaban J connectivity index is 1.01. The van der Waals surface area contributed by atoms with E-state index in [1.165, 1.54) is 4.90 Å². The highest BCUT2D eigenvalue weighted by molar-refractivity contribution is 6.31. The number of ether oxygens (including phenoxy) is 3. The molecule has 1 aliphatic heterocycles. The summed E-state index contributed by atoms with van der Waals surface area (Å²) in [5.74, 6) is -0.336. The van der Waals surface area contributed by atoms with Crippen LogP contribution in [0.1, 0.15) is 89.2 Å². The normalized spacial score (nSPS) is 20.7. The number of unbranched alkanes of at least 4 members (excludes halogenated alkanes) is 1. The van der Waals surface area contributed by atoms with Gasteiger partial charge in [-0.1, -0.05) is 83.8 Å². The lowest BCUT2D eigenvalue weighted by Crippen LogP contribution is -2.74. The number of likely N-dealkylation sites (tertiary alicyclic amines) is 1. The molecule has 0 spiro atoms. The zero-order valence-corrected chi connectivity index (χ0v) is 37.4. The number of aliphatic hydroxyl groups is 1. The molecule has 4 amide bonds. The molecule has 5 rings (SSSR count). The second-order valence-electron chi connectivity index (χ2n) is 18.0. The first-order valence-electron chi connectivity index (χ1n) is 20.5. The molecule has 0 aromatic heterocycles. The van der Waals surface area contributed by atoms with Gasteiger partial charge in [0.1, 0.15) is 42.4 Å². The SMILES string of the molecule is CC(C)(C)[C@H](NC(=O)COCCCCOc1ccc(C(=O)N[C@H]2C(C)(C)[C@H](Oc3ccc(C#N)c(Cl)c3)C2(C)C)cc1)C(=O)N1C[C@H](O)C[C@H]1C(=O)NCc1ccc(Cl)cc1. The van der Waals surface area contributed by atoms with Gasteiger partial charge in [0.05, 0.1) is 23.3 Å². The number of nitriles is 1. The van der Waals surface area contributed by atoms with Gasteiger partial charge in [-0.25, -0.2) is 0 Å². The lowest BCUT2D eigenvalue weighted by Gasteiger charge is -2.63. The molecular formula is C46H57Cl2N5O8. The first-order chi connectivity index (χ1) is 28.7. The lowest BCUT2D eigenvalue weighted by atomic mass is 9.49. The number of hydrogen-bond acceptors (Lipinski definition) is 9. The number of rotatable bonds is 17. The van der Waals surface area contributed by atoms with Crippen molar-refractivity contribution >= 4 is 46.8 Å². The standard InChI is InChI=1S/C46H57Cl2N5O8/c1-44(2,3)38(41(58)53-26-32(54)22-36(53)40(57)50-25-28-10-15-31(47)16-11-28)51-37(55)27-59-20-8-9-21-60-33-17-12-29(13-18-33)39(56)52-42-45(4,5)43(46(42,6)7)61-34-19-14-30(24-49)35(48)23-34/h10-19,23,32,36,38,42-43,54H,8-9,20-22,25-27H2,1-7H3,(H,50,57)(H,51,55)(H,52,56)/t32-,36+,38-,42-,43-/m1/s1. The number of aliphatic hydroxyl groups excluding tert-OH is 1. The van der Waals surface area contributed by atoms with E-state index in [0.29, 0.717) is 58.7 Å². The van der Waals surface area contributed by atoms with Crippen molar-refractivity contribution in [2.75, 3.05) is 26.4 Å². The van der Waals surface area contributed by atoms with Crippen LogP contribution in [0.2, 0.25) is 10.0 Å². The predicted octanol–water partition coefficient (Wildman–Crippen LogP) is 6.46. The maximum Gasteiger partial charge on any atom is 0.251 e. The monoisotopic (exact) mass is 877 g/mol. The average molecular weight is 879 g/mol. The molecule has 13 nitrogen and oxygen atoms in total. The number of β-amino-alcohol motifs (C(OH)–C–C–N with tert-alkyl or cyclic N) is 1. The quantitative estimate of drug-likeness (QED) is 0.111. The van der Waals surface area contributed by atoms with Gasteiger partial charge in [0, 0.05) is 59.6 Å². The van der Waals surface area contributed by atoms with Gasteiger partial charge >= 0.3 is 0 Å². The predicted molar refractivity (Wildman–Crippen MR) is 232 cm³/mol. The molecule has 0 radical (unpaired) electrons. The number of benzene rings is 3. The van der Waals surface area contributed by atoms with E-state index in [4.69, 9.17) is 37.4 Å². The zero-order chi connectivity index (χ0) is 44.7. The van der Waals surface area contributed by atoms with Crippen molar-refractivity contribution in [3.05, 3.63) is 93.5 Å².